The summed E-state index contributed by atoms with van der Waals surface area (Å²) in [5.74, 6) is 0. The first-order valence-electron chi connectivity index (χ1n) is 3.44. The van der Waals surface area contributed by atoms with E-state index in [1.165, 1.54) is 0 Å². The lowest BCUT2D eigenvalue weighted by atomic mass is 10.2. The van der Waals surface area contributed by atoms with E-state index in [-0.39, 0.29) is 0 Å². The molecule has 12 heavy (non-hydrogen) atoms. The molecule has 0 aromatic carbocycles. The lowest BCUT2D eigenvalue weighted by Gasteiger charge is -1.93. The predicted octanol–water partition coefficient (Wildman–Crippen LogP) is 1.02. The average molecular weight is 158 g/mol. The monoisotopic (exact) mass is 158 g/mol. The fourth-order valence-electron chi connectivity index (χ4n) is 1.17. The number of hydrogen-bond donors (Lipinski definition) is 2. The van der Waals surface area contributed by atoms with Crippen molar-refractivity contribution in [2.24, 2.45) is 0 Å². The van der Waals surface area contributed by atoms with Crippen molar-refractivity contribution in [2.75, 3.05) is 5.73 Å². The van der Waals surface area contributed by atoms with E-state index in [9.17, 15) is 0 Å². The van der Waals surface area contributed by atoms with Gasteiger partial charge in [0, 0.05) is 18.1 Å². The third-order valence-electron chi connectivity index (χ3n) is 1.73. The Morgan fingerprint density at radius 1 is 1.58 bits per heavy atom. The molecule has 0 fully saturated rings. The van der Waals surface area contributed by atoms with Gasteiger partial charge < -0.3 is 10.7 Å². The van der Waals surface area contributed by atoms with Crippen LogP contribution in [-0.2, 0) is 0 Å². The van der Waals surface area contributed by atoms with Gasteiger partial charge in [0.25, 0.3) is 0 Å². The summed E-state index contributed by atoms with van der Waals surface area (Å²) in [6.07, 6.45) is 3.21. The molecule has 0 spiro atoms. The van der Waals surface area contributed by atoms with Gasteiger partial charge in [0.2, 0.25) is 0 Å². The van der Waals surface area contributed by atoms with Crippen LogP contribution < -0.4 is 5.73 Å². The van der Waals surface area contributed by atoms with Crippen LogP contribution in [0, 0.1) is 11.3 Å². The molecular weight excluding hydrogens is 152 g/mol. The molecule has 3 N–H and O–H groups in total. The minimum absolute atomic E-state index is 0.538. The Morgan fingerprint density at radius 2 is 2.42 bits per heavy atom. The summed E-state index contributed by atoms with van der Waals surface area (Å²) in [7, 11) is 0. The van der Waals surface area contributed by atoms with E-state index in [2.05, 4.69) is 9.97 Å². The molecule has 0 aliphatic carbocycles. The number of aromatic nitrogens is 2. The van der Waals surface area contributed by atoms with E-state index < -0.39 is 0 Å². The van der Waals surface area contributed by atoms with E-state index in [1.807, 2.05) is 6.07 Å². The van der Waals surface area contributed by atoms with Crippen molar-refractivity contribution in [3.8, 4) is 6.07 Å². The zero-order chi connectivity index (χ0) is 8.55. The maximum Gasteiger partial charge on any atom is 0.140 e. The van der Waals surface area contributed by atoms with Crippen LogP contribution in [0.3, 0.4) is 0 Å². The van der Waals surface area contributed by atoms with Gasteiger partial charge in [0.15, 0.2) is 0 Å². The van der Waals surface area contributed by atoms with Crippen molar-refractivity contribution in [3.63, 3.8) is 0 Å². The first-order valence-corrected chi connectivity index (χ1v) is 3.44. The molecule has 2 rings (SSSR count). The number of nitrogens with zero attached hydrogens (tertiary/aromatic N) is 2. The van der Waals surface area contributed by atoms with Gasteiger partial charge in [-0.2, -0.15) is 5.26 Å². The van der Waals surface area contributed by atoms with Crippen molar-refractivity contribution in [1.29, 1.82) is 5.26 Å². The molecule has 2 aromatic rings. The van der Waals surface area contributed by atoms with Gasteiger partial charge >= 0.3 is 0 Å². The molecule has 0 saturated heterocycles. The summed E-state index contributed by atoms with van der Waals surface area (Å²) in [5, 5.41) is 9.40. The van der Waals surface area contributed by atoms with Crippen molar-refractivity contribution >= 4 is 16.7 Å². The number of fused-ring (bicyclic) bond motifs is 1. The minimum atomic E-state index is 0.538. The van der Waals surface area contributed by atoms with Crippen molar-refractivity contribution in [3.05, 3.63) is 24.0 Å². The summed E-state index contributed by atoms with van der Waals surface area (Å²) in [6, 6.07) is 3.72. The number of nitrogens with two attached hydrogens (primary N) is 1. The fourth-order valence-corrected chi connectivity index (χ4v) is 1.17. The number of rotatable bonds is 0. The Morgan fingerprint density at radius 3 is 3.17 bits per heavy atom. The van der Waals surface area contributed by atoms with Crippen molar-refractivity contribution in [2.45, 2.75) is 0 Å². The molecule has 4 heteroatoms. The number of nitriles is 1. The second-order valence-corrected chi connectivity index (χ2v) is 2.44. The standard InChI is InChI=1S/C8H6N4/c9-3-5-4-12-8-7(5)6(10)1-2-11-8/h1-2,4H,(H3,10,11,12). The highest BCUT2D eigenvalue weighted by atomic mass is 14.8. The van der Waals surface area contributed by atoms with Crippen molar-refractivity contribution < 1.29 is 0 Å². The van der Waals surface area contributed by atoms with Gasteiger partial charge in [-0.25, -0.2) is 4.98 Å². The zero-order valence-corrected chi connectivity index (χ0v) is 6.20. The lowest BCUT2D eigenvalue weighted by molar-refractivity contribution is 1.33. The second-order valence-electron chi connectivity index (χ2n) is 2.44. The summed E-state index contributed by atoms with van der Waals surface area (Å²) >= 11 is 0. The quantitative estimate of drug-likeness (QED) is 0.600. The number of pyridine rings is 1. The van der Waals surface area contributed by atoms with Gasteiger partial charge in [0.1, 0.15) is 11.7 Å². The Balaban J connectivity index is 2.95. The summed E-state index contributed by atoms with van der Waals surface area (Å²) in [4.78, 5) is 6.89. The summed E-state index contributed by atoms with van der Waals surface area (Å²) < 4.78 is 0. The van der Waals surface area contributed by atoms with Crippen LogP contribution in [0.1, 0.15) is 5.56 Å². The second kappa shape index (κ2) is 2.24. The molecule has 0 atom stereocenters. The number of hydrogen-bond acceptors (Lipinski definition) is 3. The lowest BCUT2D eigenvalue weighted by Crippen LogP contribution is -1.87. The highest BCUT2D eigenvalue weighted by Crippen LogP contribution is 2.21. The van der Waals surface area contributed by atoms with Gasteiger partial charge in [-0.3, -0.25) is 0 Å². The van der Waals surface area contributed by atoms with E-state index in [1.54, 1.807) is 18.5 Å². The number of nitrogen functional groups attached to an aromatic ring is 1. The van der Waals surface area contributed by atoms with Gasteiger partial charge in [-0.1, -0.05) is 0 Å². The molecule has 0 bridgehead atoms. The van der Waals surface area contributed by atoms with Crippen LogP contribution in [0.4, 0.5) is 5.69 Å². The zero-order valence-electron chi connectivity index (χ0n) is 6.20. The number of aromatic amines is 1. The molecule has 2 heterocycles. The van der Waals surface area contributed by atoms with Crippen molar-refractivity contribution in [1.82, 2.24) is 9.97 Å². The molecule has 2 aromatic heterocycles. The molecule has 0 aliphatic heterocycles. The Hall–Kier alpha value is -2.02. The van der Waals surface area contributed by atoms with Gasteiger partial charge in [-0.15, -0.1) is 0 Å². The van der Waals surface area contributed by atoms with Gasteiger partial charge in [-0.05, 0) is 6.07 Å². The van der Waals surface area contributed by atoms with E-state index >= 15 is 0 Å². The fraction of sp³-hybridized carbons (Fsp3) is 0. The first-order chi connectivity index (χ1) is 5.83. The van der Waals surface area contributed by atoms with Crippen LogP contribution in [0.5, 0.6) is 0 Å². The van der Waals surface area contributed by atoms with E-state index in [0.29, 0.717) is 22.3 Å². The number of H-pyrrole nitrogens is 1. The first kappa shape index (κ1) is 6.68. The third-order valence-corrected chi connectivity index (χ3v) is 1.73. The largest absolute Gasteiger partial charge is 0.398 e. The molecular formula is C8H6N4. The molecule has 0 radical (unpaired) electrons. The third kappa shape index (κ3) is 0.736. The smallest absolute Gasteiger partial charge is 0.140 e. The minimum Gasteiger partial charge on any atom is -0.398 e. The van der Waals surface area contributed by atoms with E-state index in [4.69, 9.17) is 11.0 Å². The Labute approximate surface area is 68.6 Å². The van der Waals surface area contributed by atoms with Gasteiger partial charge in [0.05, 0.1) is 10.9 Å². The molecule has 0 aliphatic rings. The highest BCUT2D eigenvalue weighted by molar-refractivity contribution is 5.93. The summed E-state index contributed by atoms with van der Waals surface area (Å²) in [6.45, 7) is 0. The normalized spacial score (nSPS) is 9.92. The molecule has 0 amide bonds. The highest BCUT2D eigenvalue weighted by Gasteiger charge is 2.05. The predicted molar refractivity (Wildman–Crippen MR) is 45.2 cm³/mol. The summed E-state index contributed by atoms with van der Waals surface area (Å²) in [5.41, 5.74) is 7.44. The van der Waals surface area contributed by atoms with Crippen LogP contribution in [0.25, 0.3) is 11.0 Å². The molecule has 4 nitrogen and oxygen atoms in total. The number of nitrogens with one attached hydrogen (secondary N) is 1. The molecule has 58 valence electrons. The SMILES string of the molecule is N#Cc1c[nH]c2nccc(N)c12. The average Bonchev–Trinajstić information content (AvgIpc) is 2.49. The maximum atomic E-state index is 8.70. The van der Waals surface area contributed by atoms with Crippen LogP contribution >= 0.6 is 0 Å². The topological polar surface area (TPSA) is 78.5 Å². The molecule has 0 unspecified atom stereocenters. The maximum absolute atomic E-state index is 8.70. The molecule has 0 saturated carbocycles. The van der Waals surface area contributed by atoms with Crippen LogP contribution in [0.2, 0.25) is 0 Å². The number of anilines is 1. The Kier molecular flexibility index (Phi) is 1.25. The van der Waals surface area contributed by atoms with Crippen LogP contribution in [0.15, 0.2) is 18.5 Å². The Bertz CT molecular complexity index is 463. The van der Waals surface area contributed by atoms with E-state index in [0.717, 1.165) is 0 Å². The van der Waals surface area contributed by atoms with Crippen LogP contribution in [-0.4, -0.2) is 9.97 Å².